The Morgan fingerprint density at radius 1 is 1.09 bits per heavy atom. The predicted molar refractivity (Wildman–Crippen MR) is 129 cm³/mol. The molecule has 0 fully saturated rings. The Morgan fingerprint density at radius 2 is 1.78 bits per heavy atom. The predicted octanol–water partition coefficient (Wildman–Crippen LogP) is 6.53. The van der Waals surface area contributed by atoms with E-state index in [1.165, 1.54) is 24.4 Å². The summed E-state index contributed by atoms with van der Waals surface area (Å²) in [4.78, 5) is 10.8. The molecule has 0 saturated heterocycles. The number of carbonyl (C=O) groups is 1. The highest BCUT2D eigenvalue weighted by Gasteiger charge is 2.16. The zero-order valence-corrected chi connectivity index (χ0v) is 18.2. The first-order valence-electron chi connectivity index (χ1n) is 9.94. The Kier molecular flexibility index (Phi) is 7.23. The Hall–Kier alpha value is -3.70. The third-order valence-corrected chi connectivity index (χ3v) is 5.37. The van der Waals surface area contributed by atoms with Crippen molar-refractivity contribution in [2.75, 3.05) is 5.73 Å². The van der Waals surface area contributed by atoms with Crippen molar-refractivity contribution in [3.8, 4) is 0 Å². The Labute approximate surface area is 191 Å². The first-order chi connectivity index (χ1) is 15.3. The van der Waals surface area contributed by atoms with Gasteiger partial charge in [0, 0.05) is 23.5 Å². The van der Waals surface area contributed by atoms with Gasteiger partial charge in [0.1, 0.15) is 5.82 Å². The Morgan fingerprint density at radius 3 is 2.38 bits per heavy atom. The Balaban J connectivity index is 2.27. The van der Waals surface area contributed by atoms with Gasteiger partial charge in [-0.05, 0) is 70.2 Å². The number of rotatable bonds is 7. The van der Waals surface area contributed by atoms with Crippen LogP contribution >= 0.6 is 11.6 Å². The quantitative estimate of drug-likeness (QED) is 0.166. The van der Waals surface area contributed by atoms with E-state index in [-0.39, 0.29) is 0 Å². The summed E-state index contributed by atoms with van der Waals surface area (Å²) in [6, 6.07) is 17.2. The minimum Gasteiger partial charge on any atom is -0.478 e. The largest absolute Gasteiger partial charge is 0.478 e. The number of nitrogens with one attached hydrogen (secondary N) is 1. The molecule has 0 unspecified atom stereocenters. The molecule has 0 heterocycles. The molecule has 0 radical (unpaired) electrons. The average molecular weight is 449 g/mol. The van der Waals surface area contributed by atoms with Crippen molar-refractivity contribution in [2.24, 2.45) is 0 Å². The molecule has 32 heavy (non-hydrogen) atoms. The summed E-state index contributed by atoms with van der Waals surface area (Å²) in [5.41, 5.74) is 12.0. The normalized spacial score (nSPS) is 12.0. The molecule has 0 aromatic heterocycles. The summed E-state index contributed by atoms with van der Waals surface area (Å²) in [5, 5.41) is 16.8. The molecule has 6 heteroatoms. The van der Waals surface area contributed by atoms with Gasteiger partial charge < -0.3 is 16.2 Å². The number of benzene rings is 3. The summed E-state index contributed by atoms with van der Waals surface area (Å²) in [5.74, 6) is -1.43. The highest BCUT2D eigenvalue weighted by atomic mass is 35.5. The molecule has 0 saturated carbocycles. The van der Waals surface area contributed by atoms with Crippen molar-refractivity contribution in [1.29, 1.82) is 5.41 Å². The molecule has 0 aliphatic carbocycles. The number of carboxylic acid groups (broad SMARTS) is 1. The lowest BCUT2D eigenvalue weighted by Gasteiger charge is -2.18. The van der Waals surface area contributed by atoms with Crippen molar-refractivity contribution < 1.29 is 14.3 Å². The number of anilines is 1. The molecule has 0 atom stereocenters. The summed E-state index contributed by atoms with van der Waals surface area (Å²) in [6.45, 7) is 1.99. The highest BCUT2D eigenvalue weighted by Crippen LogP contribution is 2.38. The van der Waals surface area contributed by atoms with E-state index >= 15 is 0 Å². The van der Waals surface area contributed by atoms with Crippen LogP contribution in [-0.4, -0.2) is 17.3 Å². The molecular weight excluding hydrogens is 427 g/mol. The van der Waals surface area contributed by atoms with Crippen molar-refractivity contribution in [3.63, 3.8) is 0 Å². The van der Waals surface area contributed by atoms with E-state index in [1.807, 2.05) is 43.3 Å². The number of aliphatic carboxylic acids is 1. The van der Waals surface area contributed by atoms with Gasteiger partial charge in [-0.1, -0.05) is 54.9 Å². The van der Waals surface area contributed by atoms with Gasteiger partial charge in [0.2, 0.25) is 0 Å². The zero-order chi connectivity index (χ0) is 23.3. The molecule has 0 aliphatic heterocycles. The smallest absolute Gasteiger partial charge is 0.328 e. The maximum atomic E-state index is 13.7. The molecule has 0 amide bonds. The molecule has 0 bridgehead atoms. The van der Waals surface area contributed by atoms with Gasteiger partial charge in [0.15, 0.2) is 0 Å². The fourth-order valence-electron chi connectivity index (χ4n) is 3.53. The average Bonchev–Trinajstić information content (AvgIpc) is 2.78. The maximum Gasteiger partial charge on any atom is 0.328 e. The van der Waals surface area contributed by atoms with E-state index in [0.29, 0.717) is 28.3 Å². The standard InChI is InChI=1S/C26H22ClFN2O2/c1-2-21(22-10-9-20(28)14-23(22)27)26(18-8-11-24(30)19(13-18)15-29)17-6-3-16(4-7-17)5-12-25(31)32/h3-15,29H,2,30H2,1H3,(H,31,32)/b12-5+,26-21+,29-15?. The summed E-state index contributed by atoms with van der Waals surface area (Å²) in [7, 11) is 0. The fourth-order valence-corrected chi connectivity index (χ4v) is 3.82. The van der Waals surface area contributed by atoms with Crippen LogP contribution in [-0.2, 0) is 4.79 Å². The third kappa shape index (κ3) is 5.13. The monoisotopic (exact) mass is 448 g/mol. The number of nitrogens with two attached hydrogens (primary N) is 1. The van der Waals surface area contributed by atoms with Crippen LogP contribution in [0.15, 0.2) is 66.7 Å². The molecule has 4 nitrogen and oxygen atoms in total. The van der Waals surface area contributed by atoms with E-state index in [1.54, 1.807) is 12.1 Å². The van der Waals surface area contributed by atoms with Crippen molar-refractivity contribution >= 4 is 46.7 Å². The minimum atomic E-state index is -1.02. The minimum absolute atomic E-state index is 0.308. The van der Waals surface area contributed by atoms with Crippen LogP contribution < -0.4 is 5.73 Å². The first-order valence-corrected chi connectivity index (χ1v) is 10.3. The molecule has 3 rings (SSSR count). The molecule has 4 N–H and O–H groups in total. The van der Waals surface area contributed by atoms with Crippen LogP contribution in [0.5, 0.6) is 0 Å². The summed E-state index contributed by atoms with van der Waals surface area (Å²) < 4.78 is 13.7. The van der Waals surface area contributed by atoms with Crippen molar-refractivity contribution in [1.82, 2.24) is 0 Å². The first kappa shape index (κ1) is 23.0. The van der Waals surface area contributed by atoms with Gasteiger partial charge in [-0.25, -0.2) is 9.18 Å². The maximum absolute atomic E-state index is 13.7. The lowest BCUT2D eigenvalue weighted by Crippen LogP contribution is -1.99. The van der Waals surface area contributed by atoms with Crippen LogP contribution in [0, 0.1) is 11.2 Å². The van der Waals surface area contributed by atoms with E-state index in [2.05, 4.69) is 0 Å². The SMILES string of the molecule is CC/C(=C(/c1ccc(/C=C/C(=O)O)cc1)c1ccc(N)c(C=N)c1)c1ccc(F)cc1Cl. The number of allylic oxidation sites excluding steroid dienone is 1. The molecule has 0 aliphatic rings. The van der Waals surface area contributed by atoms with Crippen LogP contribution in [0.1, 0.15) is 41.2 Å². The zero-order valence-electron chi connectivity index (χ0n) is 17.4. The topological polar surface area (TPSA) is 87.2 Å². The van der Waals surface area contributed by atoms with Crippen LogP contribution in [0.3, 0.4) is 0 Å². The molecular formula is C26H22ClFN2O2. The lowest BCUT2D eigenvalue weighted by atomic mass is 9.87. The van der Waals surface area contributed by atoms with Crippen molar-refractivity contribution in [2.45, 2.75) is 13.3 Å². The van der Waals surface area contributed by atoms with E-state index in [0.717, 1.165) is 33.9 Å². The summed E-state index contributed by atoms with van der Waals surface area (Å²) >= 11 is 6.41. The summed E-state index contributed by atoms with van der Waals surface area (Å²) in [6.07, 6.45) is 4.42. The lowest BCUT2D eigenvalue weighted by molar-refractivity contribution is -0.131. The second-order valence-corrected chi connectivity index (χ2v) is 7.52. The highest BCUT2D eigenvalue weighted by molar-refractivity contribution is 6.32. The molecule has 0 spiro atoms. The fraction of sp³-hybridized carbons (Fsp3) is 0.0769. The van der Waals surface area contributed by atoms with Gasteiger partial charge in [0.05, 0.1) is 5.02 Å². The number of hydrogen-bond acceptors (Lipinski definition) is 3. The van der Waals surface area contributed by atoms with Gasteiger partial charge >= 0.3 is 5.97 Å². The van der Waals surface area contributed by atoms with E-state index < -0.39 is 11.8 Å². The van der Waals surface area contributed by atoms with Gasteiger partial charge in [-0.3, -0.25) is 0 Å². The van der Waals surface area contributed by atoms with Gasteiger partial charge in [-0.15, -0.1) is 0 Å². The second kappa shape index (κ2) is 10.1. The van der Waals surface area contributed by atoms with Crippen molar-refractivity contribution in [3.05, 3.63) is 105 Å². The number of nitrogen functional groups attached to an aromatic ring is 1. The third-order valence-electron chi connectivity index (χ3n) is 5.06. The molecule has 3 aromatic carbocycles. The van der Waals surface area contributed by atoms with Gasteiger partial charge in [0.25, 0.3) is 0 Å². The second-order valence-electron chi connectivity index (χ2n) is 7.11. The number of halogens is 2. The number of hydrogen-bond donors (Lipinski definition) is 3. The number of carboxylic acids is 1. The van der Waals surface area contributed by atoms with Crippen LogP contribution in [0.4, 0.5) is 10.1 Å². The van der Waals surface area contributed by atoms with Crippen LogP contribution in [0.2, 0.25) is 5.02 Å². The van der Waals surface area contributed by atoms with E-state index in [4.69, 9.17) is 27.9 Å². The van der Waals surface area contributed by atoms with Crippen LogP contribution in [0.25, 0.3) is 17.2 Å². The molecule has 162 valence electrons. The van der Waals surface area contributed by atoms with Gasteiger partial charge in [-0.2, -0.15) is 0 Å². The Bertz CT molecular complexity index is 1230. The molecule has 3 aromatic rings. The van der Waals surface area contributed by atoms with E-state index in [9.17, 15) is 9.18 Å².